The number of ketones is 1. The van der Waals surface area contributed by atoms with Gasteiger partial charge in [-0.1, -0.05) is 24.3 Å². The Kier molecular flexibility index (Phi) is 5.91. The van der Waals surface area contributed by atoms with Gasteiger partial charge in [0.15, 0.2) is 11.5 Å². The van der Waals surface area contributed by atoms with E-state index in [9.17, 15) is 4.79 Å². The minimum atomic E-state index is 0.105. The minimum Gasteiger partial charge on any atom is -0.493 e. The lowest BCUT2D eigenvalue weighted by molar-refractivity contribution is -0.117. The molecule has 140 valence electrons. The van der Waals surface area contributed by atoms with E-state index in [2.05, 4.69) is 4.98 Å². The molecule has 5 nitrogen and oxygen atoms in total. The second-order valence-electron chi connectivity index (χ2n) is 6.26. The standard InChI is InChI=1S/C22H23NO4/c1-4-26-21-12-17(9-10-20(21)25-3)22-23-18(14-27-22)13-19(24)11-16-8-6-5-7-15(16)2/h5-10,12,14H,4,11,13H2,1-3H3. The van der Waals surface area contributed by atoms with Gasteiger partial charge in [0.25, 0.3) is 0 Å². The van der Waals surface area contributed by atoms with E-state index in [4.69, 9.17) is 13.9 Å². The highest BCUT2D eigenvalue weighted by Crippen LogP contribution is 2.32. The Morgan fingerprint density at radius 3 is 2.67 bits per heavy atom. The van der Waals surface area contributed by atoms with Gasteiger partial charge in [-0.2, -0.15) is 0 Å². The Labute approximate surface area is 159 Å². The summed E-state index contributed by atoms with van der Waals surface area (Å²) < 4.78 is 16.5. The van der Waals surface area contributed by atoms with Crippen LogP contribution in [0.1, 0.15) is 23.7 Å². The molecule has 3 aromatic rings. The van der Waals surface area contributed by atoms with Crippen LogP contribution in [0.2, 0.25) is 0 Å². The number of benzene rings is 2. The molecule has 5 heteroatoms. The summed E-state index contributed by atoms with van der Waals surface area (Å²) in [6.07, 6.45) is 2.17. The second kappa shape index (κ2) is 8.54. The van der Waals surface area contributed by atoms with Crippen molar-refractivity contribution >= 4 is 5.78 Å². The topological polar surface area (TPSA) is 61.6 Å². The first kappa shape index (κ1) is 18.7. The van der Waals surface area contributed by atoms with Gasteiger partial charge in [-0.25, -0.2) is 4.98 Å². The molecule has 0 spiro atoms. The summed E-state index contributed by atoms with van der Waals surface area (Å²) in [7, 11) is 1.60. The van der Waals surface area contributed by atoms with Crippen molar-refractivity contribution in [1.29, 1.82) is 0 Å². The van der Waals surface area contributed by atoms with Crippen LogP contribution in [0.15, 0.2) is 53.1 Å². The van der Waals surface area contributed by atoms with Gasteiger partial charge in [-0.15, -0.1) is 0 Å². The van der Waals surface area contributed by atoms with Crippen LogP contribution in [-0.2, 0) is 17.6 Å². The lowest BCUT2D eigenvalue weighted by Gasteiger charge is -2.09. The SMILES string of the molecule is CCOc1cc(-c2nc(CC(=O)Cc3ccccc3C)co2)ccc1OC. The van der Waals surface area contributed by atoms with E-state index in [0.717, 1.165) is 16.7 Å². The van der Waals surface area contributed by atoms with Gasteiger partial charge >= 0.3 is 0 Å². The average Bonchev–Trinajstić information content (AvgIpc) is 3.12. The molecule has 0 fully saturated rings. The van der Waals surface area contributed by atoms with Gasteiger partial charge in [0.05, 0.1) is 25.8 Å². The Hall–Kier alpha value is -3.08. The molecule has 27 heavy (non-hydrogen) atoms. The molecule has 0 amide bonds. The van der Waals surface area contributed by atoms with E-state index in [1.54, 1.807) is 7.11 Å². The number of hydrogen-bond acceptors (Lipinski definition) is 5. The molecule has 0 radical (unpaired) electrons. The molecule has 2 aromatic carbocycles. The Balaban J connectivity index is 1.72. The van der Waals surface area contributed by atoms with Gasteiger partial charge in [0.1, 0.15) is 12.0 Å². The number of carbonyl (C=O) groups excluding carboxylic acids is 1. The molecular weight excluding hydrogens is 342 g/mol. The molecule has 0 N–H and O–H groups in total. The maximum atomic E-state index is 12.4. The minimum absolute atomic E-state index is 0.105. The first-order valence-electron chi connectivity index (χ1n) is 8.92. The number of hydrogen-bond donors (Lipinski definition) is 0. The first-order valence-corrected chi connectivity index (χ1v) is 8.92. The largest absolute Gasteiger partial charge is 0.493 e. The van der Waals surface area contributed by atoms with Crippen LogP contribution in [0.4, 0.5) is 0 Å². The van der Waals surface area contributed by atoms with E-state index in [0.29, 0.717) is 36.1 Å². The summed E-state index contributed by atoms with van der Waals surface area (Å²) in [6.45, 7) is 4.45. The smallest absolute Gasteiger partial charge is 0.226 e. The zero-order valence-corrected chi connectivity index (χ0v) is 15.8. The van der Waals surface area contributed by atoms with Crippen molar-refractivity contribution in [1.82, 2.24) is 4.98 Å². The molecule has 0 aliphatic carbocycles. The number of Topliss-reactive ketones (excluding diaryl/α,β-unsaturated/α-hetero) is 1. The molecular formula is C22H23NO4. The predicted octanol–water partition coefficient (Wildman–Crippen LogP) is 4.41. The van der Waals surface area contributed by atoms with Gasteiger partial charge in [0, 0.05) is 12.0 Å². The fourth-order valence-electron chi connectivity index (χ4n) is 2.88. The fourth-order valence-corrected chi connectivity index (χ4v) is 2.88. The highest BCUT2D eigenvalue weighted by atomic mass is 16.5. The Morgan fingerprint density at radius 1 is 1.11 bits per heavy atom. The van der Waals surface area contributed by atoms with Crippen LogP contribution in [0.3, 0.4) is 0 Å². The summed E-state index contributed by atoms with van der Waals surface area (Å²) in [6, 6.07) is 13.4. The van der Waals surface area contributed by atoms with E-state index >= 15 is 0 Å². The van der Waals surface area contributed by atoms with E-state index in [-0.39, 0.29) is 12.2 Å². The van der Waals surface area contributed by atoms with Crippen molar-refractivity contribution in [3.63, 3.8) is 0 Å². The molecule has 0 aliphatic rings. The number of carbonyl (C=O) groups is 1. The third-order valence-electron chi connectivity index (χ3n) is 4.29. The molecule has 0 atom stereocenters. The van der Waals surface area contributed by atoms with Crippen LogP contribution in [0.25, 0.3) is 11.5 Å². The average molecular weight is 365 g/mol. The summed E-state index contributed by atoms with van der Waals surface area (Å²) in [4.78, 5) is 16.8. The molecule has 0 bridgehead atoms. The summed E-state index contributed by atoms with van der Waals surface area (Å²) in [5.41, 5.74) is 3.56. The molecule has 1 aromatic heterocycles. The Morgan fingerprint density at radius 2 is 1.93 bits per heavy atom. The van der Waals surface area contributed by atoms with E-state index < -0.39 is 0 Å². The Bertz CT molecular complexity index is 930. The highest BCUT2D eigenvalue weighted by Gasteiger charge is 2.14. The molecule has 1 heterocycles. The van der Waals surface area contributed by atoms with Gasteiger partial charge in [0.2, 0.25) is 5.89 Å². The van der Waals surface area contributed by atoms with Gasteiger partial charge in [-0.3, -0.25) is 4.79 Å². The molecule has 0 saturated carbocycles. The first-order chi connectivity index (χ1) is 13.1. The lowest BCUT2D eigenvalue weighted by atomic mass is 10.0. The number of ether oxygens (including phenoxy) is 2. The van der Waals surface area contributed by atoms with Crippen molar-refractivity contribution < 1.29 is 18.7 Å². The van der Waals surface area contributed by atoms with Crippen molar-refractivity contribution in [3.8, 4) is 23.0 Å². The van der Waals surface area contributed by atoms with Crippen LogP contribution in [0.5, 0.6) is 11.5 Å². The summed E-state index contributed by atoms with van der Waals surface area (Å²) >= 11 is 0. The fraction of sp³-hybridized carbons (Fsp3) is 0.273. The molecule has 0 saturated heterocycles. The van der Waals surface area contributed by atoms with Crippen molar-refractivity contribution in [2.24, 2.45) is 0 Å². The zero-order chi connectivity index (χ0) is 19.2. The molecule has 0 unspecified atom stereocenters. The van der Waals surface area contributed by atoms with Crippen LogP contribution in [-0.4, -0.2) is 24.5 Å². The number of rotatable bonds is 8. The van der Waals surface area contributed by atoms with Crippen molar-refractivity contribution in [2.45, 2.75) is 26.7 Å². The maximum absolute atomic E-state index is 12.4. The number of oxazole rings is 1. The van der Waals surface area contributed by atoms with Gasteiger partial charge in [-0.05, 0) is 43.2 Å². The van der Waals surface area contributed by atoms with Crippen LogP contribution < -0.4 is 9.47 Å². The van der Waals surface area contributed by atoms with Gasteiger partial charge < -0.3 is 13.9 Å². The zero-order valence-electron chi connectivity index (χ0n) is 15.8. The summed E-state index contributed by atoms with van der Waals surface area (Å²) in [5.74, 6) is 1.85. The van der Waals surface area contributed by atoms with E-state index in [1.807, 2.05) is 56.3 Å². The molecule has 3 rings (SSSR count). The number of aromatic nitrogens is 1. The second-order valence-corrected chi connectivity index (χ2v) is 6.26. The molecule has 0 aliphatic heterocycles. The quantitative estimate of drug-likeness (QED) is 0.592. The number of methoxy groups -OCH3 is 1. The monoisotopic (exact) mass is 365 g/mol. The maximum Gasteiger partial charge on any atom is 0.226 e. The van der Waals surface area contributed by atoms with Crippen LogP contribution >= 0.6 is 0 Å². The third-order valence-corrected chi connectivity index (χ3v) is 4.29. The summed E-state index contributed by atoms with van der Waals surface area (Å²) in [5, 5.41) is 0. The third kappa shape index (κ3) is 4.56. The highest BCUT2D eigenvalue weighted by molar-refractivity contribution is 5.83. The van der Waals surface area contributed by atoms with Crippen molar-refractivity contribution in [2.75, 3.05) is 13.7 Å². The predicted molar refractivity (Wildman–Crippen MR) is 103 cm³/mol. The number of aryl methyl sites for hydroxylation is 1. The number of nitrogens with zero attached hydrogens (tertiary/aromatic N) is 1. The van der Waals surface area contributed by atoms with E-state index in [1.165, 1.54) is 6.26 Å². The normalized spacial score (nSPS) is 10.6. The lowest BCUT2D eigenvalue weighted by Crippen LogP contribution is -2.07. The van der Waals surface area contributed by atoms with Crippen molar-refractivity contribution in [3.05, 3.63) is 65.5 Å². The van der Waals surface area contributed by atoms with Crippen LogP contribution in [0, 0.1) is 6.92 Å².